The van der Waals surface area contributed by atoms with Crippen molar-refractivity contribution in [2.45, 2.75) is 6.61 Å². The Morgan fingerprint density at radius 3 is 2.88 bits per heavy atom. The van der Waals surface area contributed by atoms with E-state index in [-0.39, 0.29) is 17.9 Å². The predicted octanol–water partition coefficient (Wildman–Crippen LogP) is 2.70. The first-order valence-electron chi connectivity index (χ1n) is 4.83. The van der Waals surface area contributed by atoms with Crippen LogP contribution in [0.5, 0.6) is 5.75 Å². The van der Waals surface area contributed by atoms with E-state index < -0.39 is 11.8 Å². The molecule has 0 spiro atoms. The topological polar surface area (TPSA) is 59.7 Å². The van der Waals surface area contributed by atoms with Gasteiger partial charge in [0, 0.05) is 11.6 Å². The van der Waals surface area contributed by atoms with Crippen molar-refractivity contribution >= 4 is 5.97 Å². The van der Waals surface area contributed by atoms with Crippen LogP contribution in [-0.4, -0.2) is 11.1 Å². The Morgan fingerprint density at radius 2 is 2.24 bits per heavy atom. The number of ether oxygens (including phenoxy) is 1. The summed E-state index contributed by atoms with van der Waals surface area (Å²) in [6, 6.07) is 4.97. The van der Waals surface area contributed by atoms with Crippen molar-refractivity contribution in [3.05, 3.63) is 53.7 Å². The van der Waals surface area contributed by atoms with E-state index in [9.17, 15) is 9.18 Å². The number of hydrogen-bond acceptors (Lipinski definition) is 3. The summed E-state index contributed by atoms with van der Waals surface area (Å²) in [5.74, 6) is -1.71. The SMILES string of the molecule is O=C(O)c1ccc(F)cc1OCc1ccoc1. The van der Waals surface area contributed by atoms with Gasteiger partial charge < -0.3 is 14.3 Å². The molecular weight excluding hydrogens is 227 g/mol. The molecule has 1 aromatic heterocycles. The second-order valence-electron chi connectivity index (χ2n) is 3.37. The van der Waals surface area contributed by atoms with Gasteiger partial charge in [-0.15, -0.1) is 0 Å². The van der Waals surface area contributed by atoms with Gasteiger partial charge >= 0.3 is 5.97 Å². The molecule has 0 saturated carbocycles. The van der Waals surface area contributed by atoms with Crippen LogP contribution >= 0.6 is 0 Å². The summed E-state index contributed by atoms with van der Waals surface area (Å²) in [4.78, 5) is 10.9. The second kappa shape index (κ2) is 4.69. The first kappa shape index (κ1) is 11.2. The number of carboxylic acid groups (broad SMARTS) is 1. The Bertz CT molecular complexity index is 519. The molecule has 0 aliphatic heterocycles. The van der Waals surface area contributed by atoms with Crippen molar-refractivity contribution in [1.29, 1.82) is 0 Å². The van der Waals surface area contributed by atoms with Gasteiger partial charge in [0.25, 0.3) is 0 Å². The van der Waals surface area contributed by atoms with Gasteiger partial charge in [0.1, 0.15) is 23.7 Å². The molecule has 1 heterocycles. The molecule has 0 amide bonds. The second-order valence-corrected chi connectivity index (χ2v) is 3.37. The van der Waals surface area contributed by atoms with Crippen LogP contribution in [0.15, 0.2) is 41.2 Å². The lowest BCUT2D eigenvalue weighted by molar-refractivity contribution is 0.0691. The molecule has 17 heavy (non-hydrogen) atoms. The lowest BCUT2D eigenvalue weighted by Crippen LogP contribution is -2.03. The van der Waals surface area contributed by atoms with E-state index in [1.54, 1.807) is 6.07 Å². The molecule has 0 saturated heterocycles. The fourth-order valence-corrected chi connectivity index (χ4v) is 1.33. The van der Waals surface area contributed by atoms with Crippen molar-refractivity contribution in [3.63, 3.8) is 0 Å². The van der Waals surface area contributed by atoms with Gasteiger partial charge in [-0.1, -0.05) is 0 Å². The highest BCUT2D eigenvalue weighted by Crippen LogP contribution is 2.21. The Balaban J connectivity index is 2.19. The predicted molar refractivity (Wildman–Crippen MR) is 56.4 cm³/mol. The number of furan rings is 1. The minimum Gasteiger partial charge on any atom is -0.488 e. The number of carbonyl (C=O) groups is 1. The van der Waals surface area contributed by atoms with E-state index in [1.807, 2.05) is 0 Å². The standard InChI is InChI=1S/C12H9FO4/c13-9-1-2-10(12(14)15)11(5-9)17-7-8-3-4-16-6-8/h1-6H,7H2,(H,14,15). The number of halogens is 1. The number of carboxylic acids is 1. The molecule has 0 fully saturated rings. The summed E-state index contributed by atoms with van der Waals surface area (Å²) in [6.45, 7) is 0.125. The number of benzene rings is 1. The number of rotatable bonds is 4. The van der Waals surface area contributed by atoms with Gasteiger partial charge in [0.2, 0.25) is 0 Å². The average molecular weight is 236 g/mol. The molecule has 2 aromatic rings. The summed E-state index contributed by atoms with van der Waals surface area (Å²) in [6.07, 6.45) is 2.95. The molecular formula is C12H9FO4. The highest BCUT2D eigenvalue weighted by Gasteiger charge is 2.12. The van der Waals surface area contributed by atoms with Gasteiger partial charge in [-0.3, -0.25) is 0 Å². The smallest absolute Gasteiger partial charge is 0.339 e. The van der Waals surface area contributed by atoms with Gasteiger partial charge in [-0.05, 0) is 18.2 Å². The molecule has 88 valence electrons. The quantitative estimate of drug-likeness (QED) is 0.886. The summed E-state index contributed by atoms with van der Waals surface area (Å²) in [5.41, 5.74) is 0.667. The van der Waals surface area contributed by atoms with Gasteiger partial charge in [-0.25, -0.2) is 9.18 Å². The van der Waals surface area contributed by atoms with Crippen molar-refractivity contribution in [3.8, 4) is 5.75 Å². The molecule has 0 aliphatic carbocycles. The van der Waals surface area contributed by atoms with Crippen LogP contribution in [0, 0.1) is 5.82 Å². The van der Waals surface area contributed by atoms with E-state index >= 15 is 0 Å². The van der Waals surface area contributed by atoms with Crippen molar-refractivity contribution in [1.82, 2.24) is 0 Å². The molecule has 2 rings (SSSR count). The Morgan fingerprint density at radius 1 is 1.41 bits per heavy atom. The zero-order valence-corrected chi connectivity index (χ0v) is 8.72. The third-order valence-electron chi connectivity index (χ3n) is 2.15. The molecule has 0 aliphatic rings. The summed E-state index contributed by atoms with van der Waals surface area (Å²) >= 11 is 0. The third-order valence-corrected chi connectivity index (χ3v) is 2.15. The van der Waals surface area contributed by atoms with Crippen LogP contribution in [0.4, 0.5) is 4.39 Å². The van der Waals surface area contributed by atoms with E-state index in [1.165, 1.54) is 18.6 Å². The molecule has 1 N–H and O–H groups in total. The minimum absolute atomic E-state index is 0.00120. The number of hydrogen-bond donors (Lipinski definition) is 1. The molecule has 0 radical (unpaired) electrons. The van der Waals surface area contributed by atoms with Crippen LogP contribution in [0.1, 0.15) is 15.9 Å². The first-order chi connectivity index (χ1) is 8.16. The summed E-state index contributed by atoms with van der Waals surface area (Å²) < 4.78 is 23.1. The zero-order chi connectivity index (χ0) is 12.3. The van der Waals surface area contributed by atoms with Gasteiger partial charge in [0.15, 0.2) is 0 Å². The molecule has 0 atom stereocenters. The van der Waals surface area contributed by atoms with Crippen LogP contribution < -0.4 is 4.74 Å². The van der Waals surface area contributed by atoms with Crippen LogP contribution in [0.3, 0.4) is 0 Å². The maximum atomic E-state index is 13.0. The van der Waals surface area contributed by atoms with Crippen molar-refractivity contribution in [2.24, 2.45) is 0 Å². The lowest BCUT2D eigenvalue weighted by Gasteiger charge is -2.07. The highest BCUT2D eigenvalue weighted by atomic mass is 19.1. The van der Waals surface area contributed by atoms with E-state index in [2.05, 4.69) is 0 Å². The largest absolute Gasteiger partial charge is 0.488 e. The first-order valence-corrected chi connectivity index (χ1v) is 4.83. The number of aromatic carboxylic acids is 1. The third kappa shape index (κ3) is 2.63. The Kier molecular flexibility index (Phi) is 3.09. The molecule has 5 heteroatoms. The fourth-order valence-electron chi connectivity index (χ4n) is 1.33. The lowest BCUT2D eigenvalue weighted by atomic mass is 10.2. The maximum absolute atomic E-state index is 13.0. The monoisotopic (exact) mass is 236 g/mol. The Hall–Kier alpha value is -2.30. The summed E-state index contributed by atoms with van der Waals surface area (Å²) in [7, 11) is 0. The molecule has 0 unspecified atom stereocenters. The normalized spacial score (nSPS) is 10.2. The summed E-state index contributed by atoms with van der Waals surface area (Å²) in [5, 5.41) is 8.89. The van der Waals surface area contributed by atoms with Crippen LogP contribution in [0.25, 0.3) is 0 Å². The minimum atomic E-state index is -1.16. The van der Waals surface area contributed by atoms with Crippen LogP contribution in [0.2, 0.25) is 0 Å². The zero-order valence-electron chi connectivity index (χ0n) is 8.72. The van der Waals surface area contributed by atoms with Gasteiger partial charge in [0.05, 0.1) is 12.5 Å². The maximum Gasteiger partial charge on any atom is 0.339 e. The average Bonchev–Trinajstić information content (AvgIpc) is 2.78. The molecule has 1 aromatic carbocycles. The van der Waals surface area contributed by atoms with Crippen LogP contribution in [-0.2, 0) is 6.61 Å². The van der Waals surface area contributed by atoms with E-state index in [0.717, 1.165) is 17.7 Å². The van der Waals surface area contributed by atoms with E-state index in [0.29, 0.717) is 0 Å². The molecule has 0 bridgehead atoms. The van der Waals surface area contributed by atoms with Crippen molar-refractivity contribution < 1.29 is 23.4 Å². The van der Waals surface area contributed by atoms with Crippen molar-refractivity contribution in [2.75, 3.05) is 0 Å². The highest BCUT2D eigenvalue weighted by molar-refractivity contribution is 5.90. The van der Waals surface area contributed by atoms with E-state index in [4.69, 9.17) is 14.3 Å². The van der Waals surface area contributed by atoms with Gasteiger partial charge in [-0.2, -0.15) is 0 Å². The molecule has 4 nitrogen and oxygen atoms in total. The fraction of sp³-hybridized carbons (Fsp3) is 0.0833. The Labute approximate surface area is 96.2 Å².